The van der Waals surface area contributed by atoms with E-state index in [0.717, 1.165) is 48.1 Å². The Hall–Kier alpha value is -1.36. The van der Waals surface area contributed by atoms with Gasteiger partial charge in [0, 0.05) is 0 Å². The molecule has 5 fully saturated rings. The Labute approximate surface area is 158 Å². The maximum absolute atomic E-state index is 13.3. The van der Waals surface area contributed by atoms with E-state index in [1.54, 1.807) is 0 Å². The van der Waals surface area contributed by atoms with Gasteiger partial charge in [-0.25, -0.2) is 4.79 Å². The van der Waals surface area contributed by atoms with Crippen molar-refractivity contribution in [1.29, 1.82) is 0 Å². The summed E-state index contributed by atoms with van der Waals surface area (Å²) in [5.41, 5.74) is 1.55. The van der Waals surface area contributed by atoms with Gasteiger partial charge in [0.2, 0.25) is 5.91 Å². The number of amides is 1. The highest BCUT2D eigenvalue weighted by molar-refractivity contribution is 7.15. The van der Waals surface area contributed by atoms with E-state index in [4.69, 9.17) is 4.74 Å². The first-order chi connectivity index (χ1) is 12.6. The summed E-state index contributed by atoms with van der Waals surface area (Å²) in [6.07, 6.45) is 9.37. The normalized spacial score (nSPS) is 34.7. The molecule has 5 aliphatic rings. The van der Waals surface area contributed by atoms with Crippen LogP contribution in [-0.2, 0) is 9.53 Å². The first kappa shape index (κ1) is 16.8. The summed E-state index contributed by atoms with van der Waals surface area (Å²) < 4.78 is 5.32. The Morgan fingerprint density at radius 1 is 1.23 bits per heavy atom. The predicted molar refractivity (Wildman–Crippen MR) is 101 cm³/mol. The van der Waals surface area contributed by atoms with Crippen molar-refractivity contribution in [3.05, 3.63) is 16.5 Å². The highest BCUT2D eigenvalue weighted by Gasteiger charge is 2.61. The molecular formula is C21H27NO3S. The van der Waals surface area contributed by atoms with Crippen LogP contribution in [0.3, 0.4) is 0 Å². The van der Waals surface area contributed by atoms with Crippen molar-refractivity contribution in [2.75, 3.05) is 11.9 Å². The zero-order valence-electron chi connectivity index (χ0n) is 15.4. The molecule has 1 aromatic heterocycles. The molecule has 0 aliphatic heterocycles. The molecule has 6 rings (SSSR count). The lowest BCUT2D eigenvalue weighted by atomic mass is 9.75. The maximum Gasteiger partial charge on any atom is 0.341 e. The van der Waals surface area contributed by atoms with Crippen LogP contribution in [0, 0.1) is 23.2 Å². The highest BCUT2D eigenvalue weighted by Crippen LogP contribution is 2.65. The summed E-state index contributed by atoms with van der Waals surface area (Å²) in [6.45, 7) is 2.19. The summed E-state index contributed by atoms with van der Waals surface area (Å²) in [5, 5.41) is 5.99. The number of esters is 1. The van der Waals surface area contributed by atoms with Crippen molar-refractivity contribution in [2.24, 2.45) is 23.2 Å². The van der Waals surface area contributed by atoms with Crippen LogP contribution >= 0.6 is 11.3 Å². The van der Waals surface area contributed by atoms with Crippen LogP contribution < -0.4 is 5.32 Å². The molecule has 4 bridgehead atoms. The van der Waals surface area contributed by atoms with Gasteiger partial charge in [0.25, 0.3) is 0 Å². The van der Waals surface area contributed by atoms with E-state index in [-0.39, 0.29) is 17.3 Å². The van der Waals surface area contributed by atoms with Crippen molar-refractivity contribution in [3.8, 4) is 0 Å². The molecule has 140 valence electrons. The molecule has 5 saturated carbocycles. The minimum Gasteiger partial charge on any atom is -0.462 e. The third-order valence-corrected chi connectivity index (χ3v) is 8.43. The minimum atomic E-state index is -0.277. The van der Waals surface area contributed by atoms with E-state index in [1.807, 2.05) is 6.92 Å². The van der Waals surface area contributed by atoms with Gasteiger partial charge in [0.1, 0.15) is 5.00 Å². The van der Waals surface area contributed by atoms with Gasteiger partial charge in [-0.05, 0) is 86.5 Å². The van der Waals surface area contributed by atoms with Crippen LogP contribution in [-0.4, -0.2) is 18.5 Å². The summed E-state index contributed by atoms with van der Waals surface area (Å²) in [5.74, 6) is 2.39. The van der Waals surface area contributed by atoms with Crippen molar-refractivity contribution in [1.82, 2.24) is 0 Å². The summed E-state index contributed by atoms with van der Waals surface area (Å²) >= 11 is 1.51. The number of carbonyl (C=O) groups is 2. The Kier molecular flexibility index (Phi) is 3.93. The highest BCUT2D eigenvalue weighted by atomic mass is 32.1. The predicted octanol–water partition coefficient (Wildman–Crippen LogP) is 4.96. The van der Waals surface area contributed by atoms with Crippen LogP contribution in [0.2, 0.25) is 0 Å². The molecule has 2 atom stereocenters. The molecule has 1 amide bonds. The van der Waals surface area contributed by atoms with Gasteiger partial charge < -0.3 is 10.1 Å². The molecule has 5 aliphatic carbocycles. The second-order valence-electron chi connectivity index (χ2n) is 8.90. The number of ether oxygens (including phenoxy) is 1. The van der Waals surface area contributed by atoms with Gasteiger partial charge >= 0.3 is 5.97 Å². The quantitative estimate of drug-likeness (QED) is 0.743. The number of rotatable bonds is 5. The second-order valence-corrected chi connectivity index (χ2v) is 9.78. The van der Waals surface area contributed by atoms with E-state index in [2.05, 4.69) is 10.7 Å². The molecular weight excluding hydrogens is 346 g/mol. The average Bonchev–Trinajstić information content (AvgIpc) is 3.14. The van der Waals surface area contributed by atoms with Crippen molar-refractivity contribution < 1.29 is 14.3 Å². The lowest BCUT2D eigenvalue weighted by Crippen LogP contribution is -2.37. The van der Waals surface area contributed by atoms with Crippen molar-refractivity contribution in [2.45, 2.75) is 64.2 Å². The van der Waals surface area contributed by atoms with Crippen molar-refractivity contribution in [3.63, 3.8) is 0 Å². The topological polar surface area (TPSA) is 55.4 Å². The average molecular weight is 374 g/mol. The van der Waals surface area contributed by atoms with Crippen LogP contribution in [0.5, 0.6) is 0 Å². The fourth-order valence-corrected chi connectivity index (χ4v) is 7.32. The molecule has 4 nitrogen and oxygen atoms in total. The summed E-state index contributed by atoms with van der Waals surface area (Å²) in [7, 11) is 0. The number of carbonyl (C=O) groups excluding carboxylic acids is 2. The van der Waals surface area contributed by atoms with Crippen LogP contribution in [0.15, 0.2) is 5.38 Å². The zero-order valence-corrected chi connectivity index (χ0v) is 16.2. The van der Waals surface area contributed by atoms with Crippen molar-refractivity contribution >= 4 is 28.2 Å². The number of anilines is 1. The fraction of sp³-hybridized carbons (Fsp3) is 0.714. The van der Waals surface area contributed by atoms with Gasteiger partial charge in [-0.2, -0.15) is 0 Å². The fourth-order valence-electron chi connectivity index (χ4n) is 6.29. The molecule has 0 spiro atoms. The van der Waals surface area contributed by atoms with Crippen LogP contribution in [0.25, 0.3) is 0 Å². The SMILES string of the molecule is CCOC(=O)c1c(C2CCC2)csc1NC(=O)C12CC3CC(CC1C3)C2. The van der Waals surface area contributed by atoms with E-state index in [9.17, 15) is 9.59 Å². The van der Waals surface area contributed by atoms with Crippen LogP contribution in [0.1, 0.15) is 80.1 Å². The molecule has 0 aromatic carbocycles. The smallest absolute Gasteiger partial charge is 0.341 e. The number of hydrogen-bond donors (Lipinski definition) is 1. The standard InChI is InChI=1S/C21H27NO3S/c1-2-25-19(23)17-16(14-4-3-5-14)11-26-18(17)22-20(24)21-9-12-6-13(10-21)8-15(21)7-12/h11-15H,2-10H2,1H3,(H,22,24). The summed E-state index contributed by atoms with van der Waals surface area (Å²) in [4.78, 5) is 25.9. The lowest BCUT2D eigenvalue weighted by Gasteiger charge is -2.31. The van der Waals surface area contributed by atoms with Gasteiger partial charge in [-0.3, -0.25) is 4.79 Å². The Balaban J connectivity index is 1.42. The monoisotopic (exact) mass is 373 g/mol. The van der Waals surface area contributed by atoms with E-state index in [1.165, 1.54) is 37.0 Å². The molecule has 26 heavy (non-hydrogen) atoms. The molecule has 0 radical (unpaired) electrons. The van der Waals surface area contributed by atoms with Gasteiger partial charge in [-0.1, -0.05) is 6.42 Å². The Morgan fingerprint density at radius 3 is 2.58 bits per heavy atom. The van der Waals surface area contributed by atoms with E-state index >= 15 is 0 Å². The molecule has 1 heterocycles. The largest absolute Gasteiger partial charge is 0.462 e. The second kappa shape index (κ2) is 6.08. The number of thiophene rings is 1. The van der Waals surface area contributed by atoms with Crippen LogP contribution in [0.4, 0.5) is 5.00 Å². The number of nitrogens with one attached hydrogen (secondary N) is 1. The van der Waals surface area contributed by atoms with E-state index < -0.39 is 0 Å². The molecule has 1 aromatic rings. The van der Waals surface area contributed by atoms with E-state index in [0.29, 0.717) is 24.0 Å². The molecule has 2 unspecified atom stereocenters. The number of hydrogen-bond acceptors (Lipinski definition) is 4. The third-order valence-electron chi connectivity index (χ3n) is 7.51. The van der Waals surface area contributed by atoms with Gasteiger partial charge in [0.15, 0.2) is 0 Å². The zero-order chi connectivity index (χ0) is 17.9. The first-order valence-electron chi connectivity index (χ1n) is 10.2. The Morgan fingerprint density at radius 2 is 1.96 bits per heavy atom. The lowest BCUT2D eigenvalue weighted by molar-refractivity contribution is -0.127. The first-order valence-corrected chi connectivity index (χ1v) is 11.1. The third kappa shape index (κ3) is 2.39. The summed E-state index contributed by atoms with van der Waals surface area (Å²) in [6, 6.07) is 0. The molecule has 0 saturated heterocycles. The molecule has 1 N–H and O–H groups in total. The van der Waals surface area contributed by atoms with Gasteiger partial charge in [0.05, 0.1) is 17.6 Å². The minimum absolute atomic E-state index is 0.166. The van der Waals surface area contributed by atoms with Gasteiger partial charge in [-0.15, -0.1) is 11.3 Å². The maximum atomic E-state index is 13.3. The Bertz CT molecular complexity index is 736. The molecule has 5 heteroatoms.